The fourth-order valence-corrected chi connectivity index (χ4v) is 11.1. The highest BCUT2D eigenvalue weighted by Crippen LogP contribution is 2.43. The molecule has 6 N–H and O–H groups in total. The average molecular weight is 908 g/mol. The van der Waals surface area contributed by atoms with E-state index in [1.54, 1.807) is 12.2 Å². The number of phenols is 2. The van der Waals surface area contributed by atoms with Crippen molar-refractivity contribution >= 4 is 77.4 Å². The highest BCUT2D eigenvalue weighted by atomic mass is 35.5. The number of phenolic OH excluding ortho intramolecular Hbond substituents is 2. The van der Waals surface area contributed by atoms with Crippen LogP contribution in [-0.4, -0.2) is 74.4 Å². The van der Waals surface area contributed by atoms with E-state index in [9.17, 15) is 46.2 Å². The van der Waals surface area contributed by atoms with Crippen LogP contribution in [0.5, 0.6) is 11.5 Å². The van der Waals surface area contributed by atoms with Gasteiger partial charge in [-0.1, -0.05) is 73.9 Å². The Bertz CT molecular complexity index is 2710. The van der Waals surface area contributed by atoms with Gasteiger partial charge in [-0.05, 0) is 63.3 Å². The van der Waals surface area contributed by atoms with Gasteiger partial charge in [0.1, 0.15) is 32.5 Å². The highest BCUT2D eigenvalue weighted by molar-refractivity contribution is 7.89. The molecule has 4 aromatic rings. The molecule has 0 unspecified atom stereocenters. The molecule has 2 aliphatic rings. The van der Waals surface area contributed by atoms with Gasteiger partial charge in [0.2, 0.25) is 20.0 Å². The molecular formula is C40H48Cl2N6O10S2. The molecule has 2 saturated carbocycles. The van der Waals surface area contributed by atoms with Crippen LogP contribution in [0.1, 0.15) is 77.6 Å². The van der Waals surface area contributed by atoms with Crippen molar-refractivity contribution in [3.63, 3.8) is 0 Å². The number of anilines is 6. The second-order valence-corrected chi connectivity index (χ2v) is 21.0. The first-order chi connectivity index (χ1) is 28.1. The monoisotopic (exact) mass is 906 g/mol. The molecule has 6 rings (SSSR count). The Balaban J connectivity index is 1.16. The summed E-state index contributed by atoms with van der Waals surface area (Å²) < 4.78 is 55.2. The topological polar surface area (TPSA) is 232 Å². The SMILES string of the molecule is CN(C)S(=O)(=O)c1c(Cl)ccc(Nc2c(NC3(C/C=C/CN(C)S(=O)(=O)c4c(Cl)ccc(Nc5c(NC6(C)CCCCCC6)c(=O)c5=O)c4O)CCCC3)c(=O)c2=O)c1O. The zero-order valence-corrected chi connectivity index (χ0v) is 36.7. The Morgan fingerprint density at radius 2 is 1.07 bits per heavy atom. The Kier molecular flexibility index (Phi) is 12.9. The number of aromatic hydroxyl groups is 2. The molecule has 0 spiro atoms. The summed E-state index contributed by atoms with van der Waals surface area (Å²) in [6.45, 7) is 1.84. The normalized spacial score (nSPS) is 17.1. The van der Waals surface area contributed by atoms with Gasteiger partial charge >= 0.3 is 0 Å². The van der Waals surface area contributed by atoms with Gasteiger partial charge in [0, 0.05) is 38.8 Å². The van der Waals surface area contributed by atoms with Gasteiger partial charge in [-0.15, -0.1) is 0 Å². The number of rotatable bonds is 16. The van der Waals surface area contributed by atoms with Crippen molar-refractivity contribution in [1.82, 2.24) is 8.61 Å². The van der Waals surface area contributed by atoms with Crippen LogP contribution < -0.4 is 43.0 Å². The minimum absolute atomic E-state index is 0.0368. The summed E-state index contributed by atoms with van der Waals surface area (Å²) in [6, 6.07) is 5.12. The van der Waals surface area contributed by atoms with Crippen LogP contribution in [0.15, 0.2) is 65.4 Å². The molecule has 324 valence electrons. The number of sulfonamides is 2. The summed E-state index contributed by atoms with van der Waals surface area (Å²) in [5.41, 5.74) is -4.74. The number of nitrogens with one attached hydrogen (secondary N) is 4. The quantitative estimate of drug-likeness (QED) is 0.0335. The maximum Gasteiger partial charge on any atom is 0.253 e. The van der Waals surface area contributed by atoms with E-state index < -0.39 is 74.1 Å². The van der Waals surface area contributed by atoms with Gasteiger partial charge in [-0.25, -0.2) is 21.1 Å². The summed E-state index contributed by atoms with van der Waals surface area (Å²) in [5, 5.41) is 33.6. The largest absolute Gasteiger partial charge is 0.504 e. The minimum atomic E-state index is -4.43. The lowest BCUT2D eigenvalue weighted by Gasteiger charge is -2.32. The van der Waals surface area contributed by atoms with Crippen LogP contribution in [-0.2, 0) is 20.0 Å². The lowest BCUT2D eigenvalue weighted by molar-refractivity contribution is 0.446. The molecule has 0 bridgehead atoms. The molecule has 0 saturated heterocycles. The smallest absolute Gasteiger partial charge is 0.253 e. The Hall–Kier alpha value is -4.46. The van der Waals surface area contributed by atoms with Crippen molar-refractivity contribution in [2.75, 3.05) is 49.0 Å². The van der Waals surface area contributed by atoms with E-state index in [4.69, 9.17) is 23.2 Å². The summed E-state index contributed by atoms with van der Waals surface area (Å²) >= 11 is 12.5. The van der Waals surface area contributed by atoms with Crippen LogP contribution >= 0.6 is 23.2 Å². The third kappa shape index (κ3) is 8.54. The van der Waals surface area contributed by atoms with Crippen molar-refractivity contribution < 1.29 is 27.0 Å². The van der Waals surface area contributed by atoms with Gasteiger partial charge in [0.25, 0.3) is 21.7 Å². The van der Waals surface area contributed by atoms with Crippen LogP contribution in [0.3, 0.4) is 0 Å². The molecule has 0 aromatic heterocycles. The first-order valence-corrected chi connectivity index (χ1v) is 23.1. The lowest BCUT2D eigenvalue weighted by Crippen LogP contribution is -2.44. The van der Waals surface area contributed by atoms with Crippen molar-refractivity contribution in [1.29, 1.82) is 0 Å². The predicted molar refractivity (Wildman–Crippen MR) is 235 cm³/mol. The van der Waals surface area contributed by atoms with Crippen molar-refractivity contribution in [3.8, 4) is 11.5 Å². The predicted octanol–water partition coefficient (Wildman–Crippen LogP) is 5.85. The maximum absolute atomic E-state index is 13.8. The number of hydrogen-bond acceptors (Lipinski definition) is 14. The van der Waals surface area contributed by atoms with Crippen molar-refractivity contribution in [2.45, 2.75) is 98.4 Å². The number of nitrogens with zero attached hydrogens (tertiary/aromatic N) is 2. The molecule has 60 heavy (non-hydrogen) atoms. The van der Waals surface area contributed by atoms with Gasteiger partial charge in [-0.2, -0.15) is 4.31 Å². The molecule has 0 aliphatic heterocycles. The van der Waals surface area contributed by atoms with Gasteiger partial charge < -0.3 is 31.5 Å². The second kappa shape index (κ2) is 17.1. The molecule has 2 aliphatic carbocycles. The fourth-order valence-electron chi connectivity index (χ4n) is 7.92. The van der Waals surface area contributed by atoms with Crippen LogP contribution in [0.2, 0.25) is 10.0 Å². The van der Waals surface area contributed by atoms with Crippen molar-refractivity contribution in [3.05, 3.63) is 87.4 Å². The summed E-state index contributed by atoms with van der Waals surface area (Å²) in [4.78, 5) is 49.8. The maximum atomic E-state index is 13.8. The van der Waals surface area contributed by atoms with E-state index in [-0.39, 0.29) is 50.7 Å². The van der Waals surface area contributed by atoms with Crippen LogP contribution in [0.25, 0.3) is 0 Å². The molecule has 4 aromatic carbocycles. The van der Waals surface area contributed by atoms with Gasteiger partial charge in [0.05, 0.1) is 21.4 Å². The molecule has 20 heteroatoms. The number of hydrogen-bond donors (Lipinski definition) is 6. The van der Waals surface area contributed by atoms with Crippen LogP contribution in [0.4, 0.5) is 34.1 Å². The Morgan fingerprint density at radius 1 is 0.633 bits per heavy atom. The fraction of sp³-hybridized carbons (Fsp3) is 0.450. The standard InChI is InChI=1S/C40H48Cl2N6O10S2/c1-39(17-7-5-6-8-18-39)45-29-27(33(51)35(29)53)43-26-16-14-24(42)38(32(26)50)60(57,58)48(4)22-12-11-21-40(19-9-10-20-40)46-30-28(34(52)36(30)54)44-25-15-13-23(41)37(31(25)49)59(55,56)47(2)3/h11-16,43-46,49-50H,5-10,17-22H2,1-4H3/b12-11+. The number of halogens is 2. The molecular weight excluding hydrogens is 860 g/mol. The lowest BCUT2D eigenvalue weighted by atomic mass is 9.91. The minimum Gasteiger partial charge on any atom is -0.504 e. The van der Waals surface area contributed by atoms with E-state index in [1.807, 2.05) is 6.92 Å². The Labute approximate surface area is 357 Å². The average Bonchev–Trinajstić information content (AvgIpc) is 3.55. The van der Waals surface area contributed by atoms with E-state index in [0.29, 0.717) is 19.3 Å². The zero-order valence-electron chi connectivity index (χ0n) is 33.6. The molecule has 0 radical (unpaired) electrons. The highest BCUT2D eigenvalue weighted by Gasteiger charge is 2.37. The van der Waals surface area contributed by atoms with Crippen molar-refractivity contribution in [2.24, 2.45) is 0 Å². The van der Waals surface area contributed by atoms with E-state index in [0.717, 1.165) is 60.0 Å². The van der Waals surface area contributed by atoms with Crippen LogP contribution in [0, 0.1) is 0 Å². The zero-order chi connectivity index (χ0) is 43.9. The molecule has 2 fully saturated rings. The number of benzene rings is 2. The molecule has 0 heterocycles. The Morgan fingerprint density at radius 3 is 1.55 bits per heavy atom. The van der Waals surface area contributed by atoms with Gasteiger partial charge in [0.15, 0.2) is 11.5 Å². The third-order valence-electron chi connectivity index (χ3n) is 11.5. The molecule has 0 atom stereocenters. The van der Waals surface area contributed by atoms with Gasteiger partial charge in [-0.3, -0.25) is 19.2 Å². The van der Waals surface area contributed by atoms with E-state index in [2.05, 4.69) is 21.3 Å². The van der Waals surface area contributed by atoms with E-state index in [1.165, 1.54) is 45.4 Å². The molecule has 16 nitrogen and oxygen atoms in total. The first kappa shape index (κ1) is 45.1. The number of likely N-dealkylation sites (N-methyl/N-ethyl adjacent to an activating group) is 1. The third-order valence-corrected chi connectivity index (χ3v) is 16.2. The summed E-state index contributed by atoms with van der Waals surface area (Å²) in [7, 11) is -4.78. The van der Waals surface area contributed by atoms with E-state index >= 15 is 0 Å². The first-order valence-electron chi connectivity index (χ1n) is 19.5. The summed E-state index contributed by atoms with van der Waals surface area (Å²) in [6.07, 6.45) is 12.2. The second-order valence-electron chi connectivity index (χ2n) is 16.1. The summed E-state index contributed by atoms with van der Waals surface area (Å²) in [5.74, 6) is -1.46. The molecule has 0 amide bonds.